The molecule has 0 bridgehead atoms. The van der Waals surface area contributed by atoms with E-state index >= 15 is 0 Å². The molecule has 2 heterocycles. The Morgan fingerprint density at radius 2 is 2.12 bits per heavy atom. The topological polar surface area (TPSA) is 86.2 Å². The van der Waals surface area contributed by atoms with Gasteiger partial charge in [0.25, 0.3) is 0 Å². The van der Waals surface area contributed by atoms with E-state index in [-0.39, 0.29) is 30.1 Å². The molecule has 0 radical (unpaired) electrons. The van der Waals surface area contributed by atoms with Crippen molar-refractivity contribution in [3.05, 3.63) is 64.8 Å². The maximum Gasteiger partial charge on any atom is 0.229 e. The molecule has 0 aliphatic heterocycles. The van der Waals surface area contributed by atoms with Crippen molar-refractivity contribution < 1.29 is 18.7 Å². The van der Waals surface area contributed by atoms with Crippen LogP contribution in [0.1, 0.15) is 24.4 Å². The maximum atomic E-state index is 14.1. The highest BCUT2D eigenvalue weighted by Gasteiger charge is 2.62. The first kappa shape index (κ1) is 22.2. The van der Waals surface area contributed by atoms with Gasteiger partial charge in [0.05, 0.1) is 30.6 Å². The van der Waals surface area contributed by atoms with E-state index in [4.69, 9.17) is 21.1 Å². The van der Waals surface area contributed by atoms with Gasteiger partial charge in [-0.1, -0.05) is 11.6 Å². The molecule has 2 aromatic rings. The fourth-order valence-electron chi connectivity index (χ4n) is 4.17. The van der Waals surface area contributed by atoms with Crippen LogP contribution in [0.3, 0.4) is 0 Å². The molecule has 3 atom stereocenters. The Bertz CT molecular complexity index is 1090. The lowest BCUT2D eigenvalue weighted by Gasteiger charge is -2.28. The summed E-state index contributed by atoms with van der Waals surface area (Å²) in [5.41, 5.74) is 0.205. The van der Waals surface area contributed by atoms with Crippen molar-refractivity contribution in [2.75, 3.05) is 19.0 Å². The smallest absolute Gasteiger partial charge is 0.229 e. The second kappa shape index (κ2) is 8.86. The van der Waals surface area contributed by atoms with Crippen LogP contribution in [0.2, 0.25) is 5.02 Å². The van der Waals surface area contributed by atoms with Crippen LogP contribution >= 0.6 is 11.6 Å². The van der Waals surface area contributed by atoms with Gasteiger partial charge in [-0.05, 0) is 56.9 Å². The Morgan fingerprint density at radius 1 is 1.31 bits per heavy atom. The van der Waals surface area contributed by atoms with Gasteiger partial charge >= 0.3 is 0 Å². The molecule has 2 aliphatic rings. The summed E-state index contributed by atoms with van der Waals surface area (Å²) in [4.78, 5) is 25.7. The zero-order valence-corrected chi connectivity index (χ0v) is 18.8. The summed E-state index contributed by atoms with van der Waals surface area (Å²) >= 11 is 5.87. The van der Waals surface area contributed by atoms with Crippen LogP contribution in [-0.4, -0.2) is 34.6 Å². The number of aryl methyl sites for hydroxylation is 2. The molecular weight excluding hydrogens is 435 g/mol. The number of amides is 1. The molecule has 1 amide bonds. The molecule has 1 unspecified atom stereocenters. The normalized spacial score (nSPS) is 24.3. The molecule has 1 N–H and O–H groups in total. The van der Waals surface area contributed by atoms with E-state index in [0.717, 1.165) is 5.69 Å². The van der Waals surface area contributed by atoms with Crippen molar-refractivity contribution in [2.24, 2.45) is 17.3 Å². The average molecular weight is 459 g/mol. The molecule has 0 aromatic carbocycles. The van der Waals surface area contributed by atoms with Gasteiger partial charge in [0.15, 0.2) is 17.3 Å². The lowest BCUT2D eigenvalue weighted by molar-refractivity contribution is -0.118. The van der Waals surface area contributed by atoms with E-state index in [1.807, 2.05) is 13.8 Å². The molecule has 9 heteroatoms. The number of anilines is 1. The Hall–Kier alpha value is -3.00. The van der Waals surface area contributed by atoms with E-state index in [0.29, 0.717) is 35.3 Å². The summed E-state index contributed by atoms with van der Waals surface area (Å²) in [6.07, 6.45) is 7.41. The Balaban J connectivity index is 1.56. The van der Waals surface area contributed by atoms with Crippen LogP contribution in [0.25, 0.3) is 0 Å². The number of ether oxygens (including phenoxy) is 2. The summed E-state index contributed by atoms with van der Waals surface area (Å²) in [5.74, 6) is 0.807. The third-order valence-corrected chi connectivity index (χ3v) is 6.29. The van der Waals surface area contributed by atoms with Crippen LogP contribution in [0.5, 0.6) is 5.75 Å². The summed E-state index contributed by atoms with van der Waals surface area (Å²) in [7, 11) is 1.43. The third kappa shape index (κ3) is 4.46. The van der Waals surface area contributed by atoms with Crippen LogP contribution < -0.4 is 10.1 Å². The molecule has 0 saturated heterocycles. The summed E-state index contributed by atoms with van der Waals surface area (Å²) in [6.45, 7) is 3.92. The largest absolute Gasteiger partial charge is 0.494 e. The van der Waals surface area contributed by atoms with E-state index in [2.05, 4.69) is 20.3 Å². The molecule has 32 heavy (non-hydrogen) atoms. The molecule has 7 nitrogen and oxygen atoms in total. The number of carbonyl (C=O) groups is 1. The van der Waals surface area contributed by atoms with Crippen molar-refractivity contribution in [1.29, 1.82) is 0 Å². The minimum absolute atomic E-state index is 0.127. The first-order chi connectivity index (χ1) is 15.3. The zero-order valence-electron chi connectivity index (χ0n) is 18.1. The van der Waals surface area contributed by atoms with Gasteiger partial charge in [0.1, 0.15) is 11.6 Å². The fraction of sp³-hybridized carbons (Fsp3) is 0.391. The standard InChI is InChI=1S/C23H24ClFN4O3/c1-13-20(11-26-14(2)28-13)32-12-23(15-4-6-18(25)19(8-15)31-3)9-17(23)22(30)29-21-7-5-16(24)10-27-21/h5-8,10-11,15,17H,4,9,12H2,1-3H3,(H,27,29,30)/t15?,17-,23+/m0/s1. The number of methoxy groups -OCH3 is 1. The molecule has 1 saturated carbocycles. The van der Waals surface area contributed by atoms with Crippen molar-refractivity contribution in [3.8, 4) is 5.75 Å². The molecule has 4 rings (SSSR count). The minimum Gasteiger partial charge on any atom is -0.494 e. The first-order valence-electron chi connectivity index (χ1n) is 10.3. The molecule has 0 spiro atoms. The van der Waals surface area contributed by atoms with Gasteiger partial charge in [-0.2, -0.15) is 0 Å². The van der Waals surface area contributed by atoms with E-state index < -0.39 is 11.2 Å². The zero-order chi connectivity index (χ0) is 22.9. The van der Waals surface area contributed by atoms with Crippen LogP contribution in [-0.2, 0) is 9.53 Å². The highest BCUT2D eigenvalue weighted by Crippen LogP contribution is 2.61. The lowest BCUT2D eigenvalue weighted by Crippen LogP contribution is -2.30. The number of pyridine rings is 1. The Labute approximate surface area is 190 Å². The van der Waals surface area contributed by atoms with Crippen molar-refractivity contribution in [3.63, 3.8) is 0 Å². The van der Waals surface area contributed by atoms with Gasteiger partial charge in [-0.3, -0.25) is 4.79 Å². The summed E-state index contributed by atoms with van der Waals surface area (Å²) in [6, 6.07) is 3.31. The number of hydrogen-bond donors (Lipinski definition) is 1. The first-order valence-corrected chi connectivity index (χ1v) is 10.7. The van der Waals surface area contributed by atoms with E-state index in [9.17, 15) is 9.18 Å². The third-order valence-electron chi connectivity index (χ3n) is 6.06. The number of hydrogen-bond acceptors (Lipinski definition) is 6. The number of aromatic nitrogens is 3. The van der Waals surface area contributed by atoms with Crippen molar-refractivity contribution in [2.45, 2.75) is 26.7 Å². The second-order valence-corrected chi connectivity index (χ2v) is 8.56. The monoisotopic (exact) mass is 458 g/mol. The molecule has 2 aliphatic carbocycles. The van der Waals surface area contributed by atoms with Gasteiger partial charge < -0.3 is 14.8 Å². The number of nitrogens with one attached hydrogen (secondary N) is 1. The van der Waals surface area contributed by atoms with Crippen LogP contribution in [0.4, 0.5) is 10.2 Å². The highest BCUT2D eigenvalue weighted by atomic mass is 35.5. The fourth-order valence-corrected chi connectivity index (χ4v) is 4.28. The molecule has 2 aromatic heterocycles. The van der Waals surface area contributed by atoms with Gasteiger partial charge in [0.2, 0.25) is 5.91 Å². The summed E-state index contributed by atoms with van der Waals surface area (Å²) in [5, 5.41) is 3.33. The predicted octanol–water partition coefficient (Wildman–Crippen LogP) is 4.57. The lowest BCUT2D eigenvalue weighted by atomic mass is 9.82. The SMILES string of the molecule is COC1=CC([C@]2(COc3cnc(C)nc3C)C[C@H]2C(=O)Nc2ccc(Cl)cn2)CC=C1F. The molecule has 1 fully saturated rings. The number of nitrogens with zero attached hydrogens (tertiary/aromatic N) is 3. The van der Waals surface area contributed by atoms with E-state index in [1.165, 1.54) is 19.4 Å². The van der Waals surface area contributed by atoms with Gasteiger partial charge in [-0.25, -0.2) is 19.3 Å². The summed E-state index contributed by atoms with van der Waals surface area (Å²) < 4.78 is 25.3. The maximum absolute atomic E-state index is 14.1. The number of rotatable bonds is 7. The van der Waals surface area contributed by atoms with Crippen molar-refractivity contribution >= 4 is 23.3 Å². The Morgan fingerprint density at radius 3 is 2.81 bits per heavy atom. The number of allylic oxidation sites excluding steroid dienone is 3. The van der Waals surface area contributed by atoms with Gasteiger partial charge in [-0.15, -0.1) is 0 Å². The molecule has 168 valence electrons. The number of carbonyl (C=O) groups excluding carboxylic acids is 1. The number of halogens is 2. The average Bonchev–Trinajstić information content (AvgIpc) is 3.51. The van der Waals surface area contributed by atoms with Crippen LogP contribution in [0.15, 0.2) is 48.3 Å². The predicted molar refractivity (Wildman–Crippen MR) is 118 cm³/mol. The van der Waals surface area contributed by atoms with E-state index in [1.54, 1.807) is 24.4 Å². The van der Waals surface area contributed by atoms with Crippen LogP contribution in [0, 0.1) is 31.1 Å². The quantitative estimate of drug-likeness (QED) is 0.654. The minimum atomic E-state index is -0.519. The van der Waals surface area contributed by atoms with Gasteiger partial charge in [0, 0.05) is 17.5 Å². The highest BCUT2D eigenvalue weighted by molar-refractivity contribution is 6.30. The Kier molecular flexibility index (Phi) is 6.15. The van der Waals surface area contributed by atoms with Crippen molar-refractivity contribution in [1.82, 2.24) is 15.0 Å². The second-order valence-electron chi connectivity index (χ2n) is 8.13. The molecular formula is C23H24ClFN4O3.